The molecule has 1 atom stereocenters. The fourth-order valence-corrected chi connectivity index (χ4v) is 4.96. The van der Waals surface area contributed by atoms with Gasteiger partial charge in [-0.2, -0.15) is 0 Å². The summed E-state index contributed by atoms with van der Waals surface area (Å²) in [5.41, 5.74) is 2.11. The van der Waals surface area contributed by atoms with Crippen LogP contribution in [-0.2, 0) is 4.79 Å². The first-order chi connectivity index (χ1) is 16.1. The van der Waals surface area contributed by atoms with E-state index in [0.717, 1.165) is 62.1 Å². The maximum absolute atomic E-state index is 13.0. The monoisotopic (exact) mass is 451 g/mol. The number of nitrogens with one attached hydrogen (secondary N) is 2. The number of anilines is 1. The van der Waals surface area contributed by atoms with Crippen molar-refractivity contribution < 1.29 is 19.1 Å². The Morgan fingerprint density at radius 1 is 1.00 bits per heavy atom. The highest BCUT2D eigenvalue weighted by Crippen LogP contribution is 2.38. The van der Waals surface area contributed by atoms with Crippen molar-refractivity contribution in [3.05, 3.63) is 53.6 Å². The Hall–Kier alpha value is -3.06. The van der Waals surface area contributed by atoms with Crippen LogP contribution in [0.2, 0.25) is 0 Å². The fraction of sp³-hybridized carbons (Fsp3) is 0.462. The normalized spacial score (nSPS) is 18.8. The van der Waals surface area contributed by atoms with Crippen LogP contribution in [0.4, 0.5) is 5.69 Å². The minimum Gasteiger partial charge on any atom is -0.497 e. The lowest BCUT2D eigenvalue weighted by Gasteiger charge is -2.26. The van der Waals surface area contributed by atoms with E-state index in [1.54, 1.807) is 26.4 Å². The van der Waals surface area contributed by atoms with Gasteiger partial charge < -0.3 is 20.1 Å². The summed E-state index contributed by atoms with van der Waals surface area (Å²) in [6.07, 6.45) is 6.30. The molecule has 0 aromatic heterocycles. The zero-order valence-electron chi connectivity index (χ0n) is 19.4. The Kier molecular flexibility index (Phi) is 7.50. The van der Waals surface area contributed by atoms with E-state index in [2.05, 4.69) is 15.5 Å². The second-order valence-electron chi connectivity index (χ2n) is 8.78. The lowest BCUT2D eigenvalue weighted by Crippen LogP contribution is -2.35. The van der Waals surface area contributed by atoms with Crippen molar-refractivity contribution in [1.82, 2.24) is 10.2 Å². The summed E-state index contributed by atoms with van der Waals surface area (Å²) in [5, 5.41) is 6.08. The summed E-state index contributed by atoms with van der Waals surface area (Å²) in [6.45, 7) is 1.08. The molecule has 0 spiro atoms. The molecule has 1 aliphatic heterocycles. The highest BCUT2D eigenvalue weighted by molar-refractivity contribution is 6.04. The van der Waals surface area contributed by atoms with Crippen LogP contribution in [0.15, 0.2) is 42.5 Å². The fourth-order valence-electron chi connectivity index (χ4n) is 4.96. The largest absolute Gasteiger partial charge is 0.497 e. The second-order valence-corrected chi connectivity index (χ2v) is 8.78. The molecule has 7 heteroatoms. The molecule has 0 bridgehead atoms. The molecule has 2 aromatic rings. The zero-order chi connectivity index (χ0) is 23.2. The van der Waals surface area contributed by atoms with Gasteiger partial charge in [-0.1, -0.05) is 31.0 Å². The average molecular weight is 452 g/mol. The molecule has 176 valence electrons. The van der Waals surface area contributed by atoms with Crippen molar-refractivity contribution in [2.75, 3.05) is 32.6 Å². The van der Waals surface area contributed by atoms with Crippen molar-refractivity contribution >= 4 is 17.5 Å². The molecule has 4 rings (SSSR count). The number of likely N-dealkylation sites (tertiary alicyclic amines) is 1. The molecule has 2 N–H and O–H groups in total. The topological polar surface area (TPSA) is 79.9 Å². The van der Waals surface area contributed by atoms with Crippen molar-refractivity contribution in [3.8, 4) is 11.5 Å². The lowest BCUT2D eigenvalue weighted by atomic mass is 10.0. The average Bonchev–Trinajstić information content (AvgIpc) is 3.51. The molecule has 1 heterocycles. The predicted octanol–water partition coefficient (Wildman–Crippen LogP) is 4.15. The van der Waals surface area contributed by atoms with Gasteiger partial charge in [-0.25, -0.2) is 0 Å². The quantitative estimate of drug-likeness (QED) is 0.630. The van der Waals surface area contributed by atoms with Gasteiger partial charge in [0.15, 0.2) is 0 Å². The summed E-state index contributed by atoms with van der Waals surface area (Å²) >= 11 is 0. The van der Waals surface area contributed by atoms with Crippen molar-refractivity contribution in [2.24, 2.45) is 0 Å². The molecule has 2 amide bonds. The first-order valence-corrected chi connectivity index (χ1v) is 11.7. The van der Waals surface area contributed by atoms with Crippen molar-refractivity contribution in [3.63, 3.8) is 0 Å². The molecule has 1 saturated carbocycles. The van der Waals surface area contributed by atoms with E-state index >= 15 is 0 Å². The Labute approximate surface area is 195 Å². The van der Waals surface area contributed by atoms with E-state index in [4.69, 9.17) is 9.47 Å². The van der Waals surface area contributed by atoms with Gasteiger partial charge in [0.2, 0.25) is 5.91 Å². The number of hydrogen-bond donors (Lipinski definition) is 2. The third-order valence-electron chi connectivity index (χ3n) is 6.65. The number of rotatable bonds is 8. The highest BCUT2D eigenvalue weighted by atomic mass is 16.5. The van der Waals surface area contributed by atoms with Crippen LogP contribution in [0.1, 0.15) is 60.5 Å². The van der Waals surface area contributed by atoms with Crippen LogP contribution >= 0.6 is 0 Å². The molecule has 1 aliphatic carbocycles. The number of methoxy groups -OCH3 is 2. The van der Waals surface area contributed by atoms with Crippen LogP contribution in [-0.4, -0.2) is 50.1 Å². The van der Waals surface area contributed by atoms with Gasteiger partial charge in [0.25, 0.3) is 5.91 Å². The minimum atomic E-state index is -0.129. The number of amides is 2. The Morgan fingerprint density at radius 3 is 2.55 bits per heavy atom. The summed E-state index contributed by atoms with van der Waals surface area (Å²) in [4.78, 5) is 28.0. The molecule has 2 aliphatic rings. The Morgan fingerprint density at radius 2 is 1.79 bits per heavy atom. The van der Waals surface area contributed by atoms with Crippen molar-refractivity contribution in [1.29, 1.82) is 0 Å². The molecule has 2 aromatic carbocycles. The third-order valence-corrected chi connectivity index (χ3v) is 6.65. The smallest absolute Gasteiger partial charge is 0.253 e. The van der Waals surface area contributed by atoms with E-state index in [1.165, 1.54) is 0 Å². The van der Waals surface area contributed by atoms with Gasteiger partial charge in [-0.15, -0.1) is 0 Å². The van der Waals surface area contributed by atoms with E-state index in [0.29, 0.717) is 11.3 Å². The minimum absolute atomic E-state index is 0.0949. The highest BCUT2D eigenvalue weighted by Gasteiger charge is 2.30. The van der Waals surface area contributed by atoms with Gasteiger partial charge in [0.05, 0.1) is 32.0 Å². The molecule has 33 heavy (non-hydrogen) atoms. The molecule has 0 radical (unpaired) electrons. The van der Waals surface area contributed by atoms with E-state index < -0.39 is 0 Å². The first-order valence-electron chi connectivity index (χ1n) is 11.7. The Bertz CT molecular complexity index is 987. The molecule has 2 fully saturated rings. The van der Waals surface area contributed by atoms with Crippen LogP contribution in [0.5, 0.6) is 11.5 Å². The number of para-hydroxylation sites is 1. The summed E-state index contributed by atoms with van der Waals surface area (Å²) in [7, 11) is 3.28. The van der Waals surface area contributed by atoms with Gasteiger partial charge >= 0.3 is 0 Å². The predicted molar refractivity (Wildman–Crippen MR) is 128 cm³/mol. The maximum Gasteiger partial charge on any atom is 0.253 e. The number of carbonyl (C=O) groups excluding carboxylic acids is 2. The third kappa shape index (κ3) is 5.47. The maximum atomic E-state index is 13.0. The van der Waals surface area contributed by atoms with E-state index in [-0.39, 0.29) is 30.4 Å². The van der Waals surface area contributed by atoms with Gasteiger partial charge in [0.1, 0.15) is 11.5 Å². The molecule has 7 nitrogen and oxygen atoms in total. The second kappa shape index (κ2) is 10.7. The van der Waals surface area contributed by atoms with E-state index in [9.17, 15) is 9.59 Å². The molecular formula is C26H33N3O4. The van der Waals surface area contributed by atoms with Crippen LogP contribution < -0.4 is 20.1 Å². The molecular weight excluding hydrogens is 418 g/mol. The summed E-state index contributed by atoms with van der Waals surface area (Å²) < 4.78 is 10.9. The van der Waals surface area contributed by atoms with Gasteiger partial charge in [-0.05, 0) is 50.4 Å². The number of ether oxygens (including phenoxy) is 2. The Balaban J connectivity index is 1.43. The van der Waals surface area contributed by atoms with Crippen LogP contribution in [0.3, 0.4) is 0 Å². The first kappa shape index (κ1) is 23.1. The summed E-state index contributed by atoms with van der Waals surface area (Å²) in [5.74, 6) is 1.25. The zero-order valence-corrected chi connectivity index (χ0v) is 19.4. The van der Waals surface area contributed by atoms with Crippen LogP contribution in [0, 0.1) is 0 Å². The van der Waals surface area contributed by atoms with Crippen molar-refractivity contribution in [2.45, 2.75) is 50.6 Å². The SMILES string of the molecule is COc1ccc([C@@H]2CCCN2CC(=O)Nc2ccccc2C(=O)NC2CCCC2)c(OC)c1. The van der Waals surface area contributed by atoms with E-state index in [1.807, 2.05) is 30.3 Å². The van der Waals surface area contributed by atoms with Crippen LogP contribution in [0.25, 0.3) is 0 Å². The van der Waals surface area contributed by atoms with Gasteiger partial charge in [0, 0.05) is 23.7 Å². The molecule has 1 saturated heterocycles. The number of hydrogen-bond acceptors (Lipinski definition) is 5. The number of benzene rings is 2. The number of carbonyl (C=O) groups is 2. The lowest BCUT2D eigenvalue weighted by molar-refractivity contribution is -0.117. The number of nitrogens with zero attached hydrogens (tertiary/aromatic N) is 1. The van der Waals surface area contributed by atoms with Gasteiger partial charge in [-0.3, -0.25) is 14.5 Å². The summed E-state index contributed by atoms with van der Waals surface area (Å²) in [6, 6.07) is 13.4. The standard InChI is InChI=1S/C26H33N3O4/c1-32-19-13-14-21(24(16-19)33-2)23-12-7-15-29(23)17-25(30)28-22-11-6-5-10-20(22)26(31)27-18-8-3-4-9-18/h5-6,10-11,13-14,16,18,23H,3-4,7-9,12,15,17H2,1-2H3,(H,27,31)(H,28,30)/t23-/m0/s1. The molecule has 0 unspecified atom stereocenters.